The molecular weight excluding hydrogens is 374 g/mol. The monoisotopic (exact) mass is 393 g/mol. The average Bonchev–Trinajstić information content (AvgIpc) is 3.01. The maximum atomic E-state index is 13.0. The predicted molar refractivity (Wildman–Crippen MR) is 99.5 cm³/mol. The Bertz CT molecular complexity index is 1200. The van der Waals surface area contributed by atoms with Crippen LogP contribution in [0.5, 0.6) is 0 Å². The number of benzene rings is 2. The molecule has 8 heteroatoms. The molecule has 0 radical (unpaired) electrons. The van der Waals surface area contributed by atoms with E-state index in [9.17, 15) is 21.9 Å². The van der Waals surface area contributed by atoms with E-state index in [2.05, 4.69) is 0 Å². The predicted octanol–water partition coefficient (Wildman–Crippen LogP) is 2.39. The Balaban J connectivity index is 2.35. The first-order valence-corrected chi connectivity index (χ1v) is 11.2. The molecule has 0 spiro atoms. The third kappa shape index (κ3) is 2.94. The number of hydrogen-bond acceptors (Lipinski definition) is 5. The second kappa shape index (κ2) is 6.22. The Hall–Kier alpha value is -2.16. The standard InChI is InChI=1S/C18H19NO5S2/c1-12-4-6-14(7-5-12)26(23,24)19-9-8-15-16(11-20)17(25(3,21)22)10-13(2)18(15)19/h4-10,20H,11H2,1-3H3. The van der Waals surface area contributed by atoms with Crippen LogP contribution in [0, 0.1) is 13.8 Å². The van der Waals surface area contributed by atoms with Gasteiger partial charge in [0.05, 0.1) is 21.9 Å². The fraction of sp³-hybridized carbons (Fsp3) is 0.222. The molecule has 6 nitrogen and oxygen atoms in total. The number of aliphatic hydroxyl groups is 1. The summed E-state index contributed by atoms with van der Waals surface area (Å²) in [6.45, 7) is 3.01. The van der Waals surface area contributed by atoms with Gasteiger partial charge in [-0.3, -0.25) is 0 Å². The molecule has 0 saturated heterocycles. The van der Waals surface area contributed by atoms with Gasteiger partial charge < -0.3 is 5.11 Å². The molecule has 0 amide bonds. The maximum absolute atomic E-state index is 13.0. The van der Waals surface area contributed by atoms with Crippen molar-refractivity contribution in [3.63, 3.8) is 0 Å². The number of sulfone groups is 1. The highest BCUT2D eigenvalue weighted by Crippen LogP contribution is 2.32. The van der Waals surface area contributed by atoms with Gasteiger partial charge >= 0.3 is 0 Å². The summed E-state index contributed by atoms with van der Waals surface area (Å²) in [5.74, 6) is 0. The van der Waals surface area contributed by atoms with Crippen molar-refractivity contribution >= 4 is 30.8 Å². The van der Waals surface area contributed by atoms with Gasteiger partial charge in [-0.25, -0.2) is 20.8 Å². The zero-order valence-corrected chi connectivity index (χ0v) is 16.2. The van der Waals surface area contributed by atoms with Gasteiger partial charge in [0, 0.05) is 23.4 Å². The van der Waals surface area contributed by atoms with E-state index < -0.39 is 26.5 Å². The minimum atomic E-state index is -3.85. The molecule has 0 aliphatic rings. The lowest BCUT2D eigenvalue weighted by atomic mass is 10.1. The van der Waals surface area contributed by atoms with Crippen LogP contribution >= 0.6 is 0 Å². The molecule has 2 aromatic carbocycles. The molecular formula is C18H19NO5S2. The molecule has 3 aromatic rings. The lowest BCUT2D eigenvalue weighted by molar-refractivity contribution is 0.280. The molecule has 0 bridgehead atoms. The molecule has 26 heavy (non-hydrogen) atoms. The van der Waals surface area contributed by atoms with Crippen LogP contribution in [0.3, 0.4) is 0 Å². The van der Waals surface area contributed by atoms with Crippen molar-refractivity contribution in [1.29, 1.82) is 0 Å². The van der Waals surface area contributed by atoms with Gasteiger partial charge in [-0.1, -0.05) is 17.7 Å². The van der Waals surface area contributed by atoms with Crippen molar-refractivity contribution < 1.29 is 21.9 Å². The summed E-state index contributed by atoms with van der Waals surface area (Å²) in [4.78, 5) is 0.147. The van der Waals surface area contributed by atoms with E-state index in [1.807, 2.05) is 6.92 Å². The summed E-state index contributed by atoms with van der Waals surface area (Å²) in [6, 6.07) is 9.42. The van der Waals surface area contributed by atoms with E-state index in [1.165, 1.54) is 30.5 Å². The minimum absolute atomic E-state index is 0.00971. The molecule has 138 valence electrons. The fourth-order valence-corrected chi connectivity index (χ4v) is 5.47. The normalized spacial score (nSPS) is 12.6. The van der Waals surface area contributed by atoms with Gasteiger partial charge in [-0.05, 0) is 43.7 Å². The summed E-state index contributed by atoms with van der Waals surface area (Å²) < 4.78 is 51.3. The van der Waals surface area contributed by atoms with Crippen LogP contribution in [-0.4, -0.2) is 32.2 Å². The second-order valence-electron chi connectivity index (χ2n) is 6.29. The molecule has 1 N–H and O–H groups in total. The van der Waals surface area contributed by atoms with E-state index in [1.54, 1.807) is 19.1 Å². The first-order valence-electron chi connectivity index (χ1n) is 7.84. The number of aromatic nitrogens is 1. The quantitative estimate of drug-likeness (QED) is 0.735. The van der Waals surface area contributed by atoms with E-state index in [-0.39, 0.29) is 15.4 Å². The number of nitrogens with zero attached hydrogens (tertiary/aromatic N) is 1. The summed E-state index contributed by atoms with van der Waals surface area (Å²) >= 11 is 0. The molecule has 0 aliphatic carbocycles. The van der Waals surface area contributed by atoms with E-state index >= 15 is 0 Å². The Labute approximate surface area is 152 Å². The number of rotatable bonds is 4. The van der Waals surface area contributed by atoms with Crippen molar-refractivity contribution in [3.8, 4) is 0 Å². The van der Waals surface area contributed by atoms with Gasteiger partial charge in [0.15, 0.2) is 9.84 Å². The van der Waals surface area contributed by atoms with Crippen LogP contribution in [0.2, 0.25) is 0 Å². The molecule has 1 heterocycles. The van der Waals surface area contributed by atoms with Crippen LogP contribution in [0.25, 0.3) is 10.9 Å². The van der Waals surface area contributed by atoms with Gasteiger partial charge in [-0.2, -0.15) is 0 Å². The van der Waals surface area contributed by atoms with Crippen molar-refractivity contribution in [2.45, 2.75) is 30.2 Å². The molecule has 3 rings (SSSR count). The Morgan fingerprint density at radius 2 is 1.62 bits per heavy atom. The summed E-state index contributed by atoms with van der Waals surface area (Å²) in [5.41, 5.74) is 2.00. The summed E-state index contributed by atoms with van der Waals surface area (Å²) in [6.07, 6.45) is 2.45. The van der Waals surface area contributed by atoms with Gasteiger partial charge in [0.2, 0.25) is 0 Å². The fourth-order valence-electron chi connectivity index (χ4n) is 3.05. The van der Waals surface area contributed by atoms with E-state index in [4.69, 9.17) is 0 Å². The summed E-state index contributed by atoms with van der Waals surface area (Å²) in [5, 5.41) is 10.1. The van der Waals surface area contributed by atoms with E-state index in [0.29, 0.717) is 16.5 Å². The number of aliphatic hydroxyl groups excluding tert-OH is 1. The zero-order chi connectivity index (χ0) is 19.3. The molecule has 0 aliphatic heterocycles. The molecule has 0 saturated carbocycles. The van der Waals surface area contributed by atoms with Gasteiger partial charge in [0.25, 0.3) is 10.0 Å². The van der Waals surface area contributed by atoms with Crippen LogP contribution in [0.1, 0.15) is 16.7 Å². The highest BCUT2D eigenvalue weighted by Gasteiger charge is 2.24. The third-order valence-corrected chi connectivity index (χ3v) is 7.18. The minimum Gasteiger partial charge on any atom is -0.392 e. The zero-order valence-electron chi connectivity index (χ0n) is 14.6. The lowest BCUT2D eigenvalue weighted by Crippen LogP contribution is -2.13. The van der Waals surface area contributed by atoms with Crippen molar-refractivity contribution in [2.24, 2.45) is 0 Å². The van der Waals surface area contributed by atoms with Crippen LogP contribution < -0.4 is 0 Å². The Kier molecular flexibility index (Phi) is 4.46. The van der Waals surface area contributed by atoms with Crippen molar-refractivity contribution in [2.75, 3.05) is 6.26 Å². The highest BCUT2D eigenvalue weighted by molar-refractivity contribution is 7.91. The largest absolute Gasteiger partial charge is 0.392 e. The number of hydrogen-bond donors (Lipinski definition) is 1. The first-order chi connectivity index (χ1) is 12.1. The molecule has 1 aromatic heterocycles. The van der Waals surface area contributed by atoms with Crippen molar-refractivity contribution in [3.05, 3.63) is 59.3 Å². The average molecular weight is 393 g/mol. The summed E-state index contributed by atoms with van der Waals surface area (Å²) in [7, 11) is -7.41. The van der Waals surface area contributed by atoms with Crippen LogP contribution in [0.15, 0.2) is 52.4 Å². The topological polar surface area (TPSA) is 93.4 Å². The number of aryl methyl sites for hydroxylation is 2. The highest BCUT2D eigenvalue weighted by atomic mass is 32.2. The first kappa shape index (κ1) is 18.6. The number of fused-ring (bicyclic) bond motifs is 1. The molecule has 0 unspecified atom stereocenters. The van der Waals surface area contributed by atoms with Gasteiger partial charge in [-0.15, -0.1) is 0 Å². The lowest BCUT2D eigenvalue weighted by Gasteiger charge is -2.13. The Morgan fingerprint density at radius 3 is 2.15 bits per heavy atom. The van der Waals surface area contributed by atoms with Crippen LogP contribution in [0.4, 0.5) is 0 Å². The smallest absolute Gasteiger partial charge is 0.268 e. The molecule has 0 atom stereocenters. The van der Waals surface area contributed by atoms with Crippen LogP contribution in [-0.2, 0) is 26.5 Å². The third-order valence-electron chi connectivity index (χ3n) is 4.33. The SMILES string of the molecule is Cc1ccc(S(=O)(=O)n2ccc3c(CO)c(S(C)(=O)=O)cc(C)c32)cc1. The molecule has 0 fully saturated rings. The maximum Gasteiger partial charge on any atom is 0.268 e. The van der Waals surface area contributed by atoms with Crippen molar-refractivity contribution in [1.82, 2.24) is 3.97 Å². The second-order valence-corrected chi connectivity index (χ2v) is 10.1. The van der Waals surface area contributed by atoms with Gasteiger partial charge in [0.1, 0.15) is 0 Å². The van der Waals surface area contributed by atoms with E-state index in [0.717, 1.165) is 15.8 Å². The Morgan fingerprint density at radius 1 is 1.00 bits per heavy atom.